The van der Waals surface area contributed by atoms with Crippen LogP contribution in [0.2, 0.25) is 0 Å². The zero-order valence-corrected chi connectivity index (χ0v) is 10.2. The van der Waals surface area contributed by atoms with Gasteiger partial charge in [0.25, 0.3) is 5.56 Å². The fraction of sp³-hybridized carbons (Fsp3) is 0.300. The SMILES string of the molecule is Cc1csc(C(C)n2c(N)cc(=O)[nH]c2=O)n1. The van der Waals surface area contributed by atoms with Gasteiger partial charge in [-0.3, -0.25) is 14.3 Å². The van der Waals surface area contributed by atoms with Gasteiger partial charge < -0.3 is 5.73 Å². The van der Waals surface area contributed by atoms with Crippen molar-refractivity contribution in [2.45, 2.75) is 19.9 Å². The highest BCUT2D eigenvalue weighted by Gasteiger charge is 2.15. The van der Waals surface area contributed by atoms with Crippen molar-refractivity contribution in [2.24, 2.45) is 0 Å². The molecule has 0 bridgehead atoms. The molecule has 2 aromatic rings. The van der Waals surface area contributed by atoms with Crippen LogP contribution in [0.3, 0.4) is 0 Å². The highest BCUT2D eigenvalue weighted by atomic mass is 32.1. The summed E-state index contributed by atoms with van der Waals surface area (Å²) in [5, 5.41) is 2.68. The molecule has 0 fully saturated rings. The number of thiazole rings is 1. The maximum absolute atomic E-state index is 11.7. The van der Waals surface area contributed by atoms with Crippen LogP contribution < -0.4 is 17.0 Å². The van der Waals surface area contributed by atoms with Gasteiger partial charge in [0, 0.05) is 17.1 Å². The van der Waals surface area contributed by atoms with Gasteiger partial charge in [-0.1, -0.05) is 0 Å². The van der Waals surface area contributed by atoms with E-state index in [2.05, 4.69) is 9.97 Å². The number of H-pyrrole nitrogens is 1. The second-order valence-corrected chi connectivity index (χ2v) is 4.63. The summed E-state index contributed by atoms with van der Waals surface area (Å²) >= 11 is 1.46. The first-order valence-corrected chi connectivity index (χ1v) is 5.90. The molecule has 1 unspecified atom stereocenters. The Labute approximate surface area is 101 Å². The largest absolute Gasteiger partial charge is 0.385 e. The second kappa shape index (κ2) is 4.17. The Morgan fingerprint density at radius 3 is 2.76 bits per heavy atom. The van der Waals surface area contributed by atoms with Crippen molar-refractivity contribution in [2.75, 3.05) is 5.73 Å². The number of hydrogen-bond donors (Lipinski definition) is 2. The van der Waals surface area contributed by atoms with Crippen molar-refractivity contribution in [3.05, 3.63) is 43.0 Å². The van der Waals surface area contributed by atoms with Gasteiger partial charge in [0.15, 0.2) is 0 Å². The van der Waals surface area contributed by atoms with Crippen LogP contribution in [-0.4, -0.2) is 14.5 Å². The smallest absolute Gasteiger partial charge is 0.330 e. The first-order valence-electron chi connectivity index (χ1n) is 5.02. The zero-order valence-electron chi connectivity index (χ0n) is 9.43. The molecule has 0 aliphatic carbocycles. The van der Waals surface area contributed by atoms with E-state index in [9.17, 15) is 9.59 Å². The highest BCUT2D eigenvalue weighted by molar-refractivity contribution is 7.09. The highest BCUT2D eigenvalue weighted by Crippen LogP contribution is 2.21. The number of nitrogen functional groups attached to an aromatic ring is 1. The van der Waals surface area contributed by atoms with E-state index in [1.54, 1.807) is 0 Å². The molecule has 17 heavy (non-hydrogen) atoms. The van der Waals surface area contributed by atoms with Crippen LogP contribution in [0.5, 0.6) is 0 Å². The molecule has 0 spiro atoms. The van der Waals surface area contributed by atoms with Crippen LogP contribution in [0.15, 0.2) is 21.0 Å². The van der Waals surface area contributed by atoms with Gasteiger partial charge >= 0.3 is 5.69 Å². The molecular formula is C10H12N4O2S. The molecule has 0 radical (unpaired) electrons. The standard InChI is InChI=1S/C10H12N4O2S/c1-5-4-17-9(12-5)6(2)14-7(11)3-8(15)13-10(14)16/h3-4,6H,11H2,1-2H3,(H,13,15,16). The first kappa shape index (κ1) is 11.6. The van der Waals surface area contributed by atoms with Crippen LogP contribution in [0.25, 0.3) is 0 Å². The molecule has 0 saturated carbocycles. The van der Waals surface area contributed by atoms with Crippen LogP contribution in [0, 0.1) is 6.92 Å². The Morgan fingerprint density at radius 1 is 1.53 bits per heavy atom. The van der Waals surface area contributed by atoms with Crippen molar-refractivity contribution in [1.82, 2.24) is 14.5 Å². The number of aromatic nitrogens is 3. The normalized spacial score (nSPS) is 12.6. The molecule has 90 valence electrons. The molecule has 0 aliphatic heterocycles. The van der Waals surface area contributed by atoms with Gasteiger partial charge in [-0.05, 0) is 13.8 Å². The fourth-order valence-corrected chi connectivity index (χ4v) is 2.44. The number of hydrogen-bond acceptors (Lipinski definition) is 5. The van der Waals surface area contributed by atoms with E-state index in [4.69, 9.17) is 5.73 Å². The molecule has 2 heterocycles. The monoisotopic (exact) mass is 252 g/mol. The van der Waals surface area contributed by atoms with E-state index in [1.807, 2.05) is 19.2 Å². The summed E-state index contributed by atoms with van der Waals surface area (Å²) in [6.07, 6.45) is 0. The predicted octanol–water partition coefficient (Wildman–Crippen LogP) is 0.493. The number of nitrogens with two attached hydrogens (primary N) is 1. The molecule has 1 atom stereocenters. The molecule has 3 N–H and O–H groups in total. The summed E-state index contributed by atoms with van der Waals surface area (Å²) in [7, 11) is 0. The summed E-state index contributed by atoms with van der Waals surface area (Å²) in [4.78, 5) is 29.2. The molecule has 0 aliphatic rings. The second-order valence-electron chi connectivity index (χ2n) is 3.74. The Balaban J connectivity index is 2.55. The summed E-state index contributed by atoms with van der Waals surface area (Å²) in [6, 6.07) is 0.899. The average Bonchev–Trinajstić information content (AvgIpc) is 2.63. The average molecular weight is 252 g/mol. The molecule has 0 amide bonds. The predicted molar refractivity (Wildman–Crippen MR) is 66.4 cm³/mol. The van der Waals surface area contributed by atoms with Crippen molar-refractivity contribution in [3.8, 4) is 0 Å². The van der Waals surface area contributed by atoms with Gasteiger partial charge in [0.05, 0.1) is 6.04 Å². The maximum Gasteiger partial charge on any atom is 0.330 e. The Hall–Kier alpha value is -1.89. The third-order valence-corrected chi connectivity index (χ3v) is 3.52. The van der Waals surface area contributed by atoms with Gasteiger partial charge in [-0.2, -0.15) is 0 Å². The van der Waals surface area contributed by atoms with Crippen LogP contribution in [0.4, 0.5) is 5.82 Å². The molecule has 0 aromatic carbocycles. The van der Waals surface area contributed by atoms with Gasteiger partial charge in [0.2, 0.25) is 0 Å². The molecule has 2 aromatic heterocycles. The third kappa shape index (κ3) is 2.14. The zero-order chi connectivity index (χ0) is 12.6. The number of anilines is 1. The van der Waals surface area contributed by atoms with Crippen molar-refractivity contribution in [1.29, 1.82) is 0 Å². The van der Waals surface area contributed by atoms with E-state index in [0.717, 1.165) is 10.7 Å². The Kier molecular flexibility index (Phi) is 2.84. The lowest BCUT2D eigenvalue weighted by molar-refractivity contribution is 0.600. The van der Waals surface area contributed by atoms with Gasteiger partial charge in [-0.15, -0.1) is 11.3 Å². The fourth-order valence-electron chi connectivity index (χ4n) is 1.60. The Morgan fingerprint density at radius 2 is 2.24 bits per heavy atom. The lowest BCUT2D eigenvalue weighted by Crippen LogP contribution is -2.33. The van der Waals surface area contributed by atoms with Crippen LogP contribution in [-0.2, 0) is 0 Å². The number of nitrogens with one attached hydrogen (secondary N) is 1. The summed E-state index contributed by atoms with van der Waals surface area (Å²) in [6.45, 7) is 3.69. The van der Waals surface area contributed by atoms with Gasteiger partial charge in [0.1, 0.15) is 10.8 Å². The van der Waals surface area contributed by atoms with Crippen LogP contribution >= 0.6 is 11.3 Å². The minimum Gasteiger partial charge on any atom is -0.385 e. The quantitative estimate of drug-likeness (QED) is 0.813. The van der Waals surface area contributed by atoms with E-state index in [1.165, 1.54) is 22.0 Å². The number of aromatic amines is 1. The first-order chi connectivity index (χ1) is 7.99. The van der Waals surface area contributed by atoms with E-state index in [0.29, 0.717) is 0 Å². The Bertz CT molecular complexity index is 655. The number of rotatable bonds is 2. The number of nitrogens with zero attached hydrogens (tertiary/aromatic N) is 2. The van der Waals surface area contributed by atoms with E-state index < -0.39 is 11.2 Å². The van der Waals surface area contributed by atoms with E-state index >= 15 is 0 Å². The maximum atomic E-state index is 11.7. The minimum absolute atomic E-state index is 0.138. The molecule has 2 rings (SSSR count). The summed E-state index contributed by atoms with van der Waals surface area (Å²) in [5.74, 6) is 0.138. The summed E-state index contributed by atoms with van der Waals surface area (Å²) < 4.78 is 1.32. The third-order valence-electron chi connectivity index (χ3n) is 2.39. The lowest BCUT2D eigenvalue weighted by Gasteiger charge is -2.14. The molecule has 0 saturated heterocycles. The summed E-state index contributed by atoms with van der Waals surface area (Å²) in [5.41, 5.74) is 5.57. The molecule has 7 heteroatoms. The van der Waals surface area contributed by atoms with Crippen molar-refractivity contribution < 1.29 is 0 Å². The van der Waals surface area contributed by atoms with E-state index in [-0.39, 0.29) is 11.9 Å². The number of aryl methyl sites for hydroxylation is 1. The van der Waals surface area contributed by atoms with Crippen molar-refractivity contribution >= 4 is 17.2 Å². The van der Waals surface area contributed by atoms with Crippen LogP contribution in [0.1, 0.15) is 23.7 Å². The minimum atomic E-state index is -0.518. The molecule has 6 nitrogen and oxygen atoms in total. The topological polar surface area (TPSA) is 93.8 Å². The van der Waals surface area contributed by atoms with Crippen molar-refractivity contribution in [3.63, 3.8) is 0 Å². The van der Waals surface area contributed by atoms with Gasteiger partial charge in [-0.25, -0.2) is 9.78 Å². The molecular weight excluding hydrogens is 240 g/mol. The lowest BCUT2D eigenvalue weighted by atomic mass is 10.3.